The summed E-state index contributed by atoms with van der Waals surface area (Å²) in [6.07, 6.45) is 1.84. The largest absolute Gasteiger partial charge is 0.390 e. The van der Waals surface area contributed by atoms with Crippen molar-refractivity contribution >= 4 is 11.8 Å². The van der Waals surface area contributed by atoms with Gasteiger partial charge < -0.3 is 15.3 Å². The molecule has 0 aliphatic rings. The molecule has 92 valence electrons. The van der Waals surface area contributed by atoms with Crippen molar-refractivity contribution in [2.45, 2.75) is 39.0 Å². The van der Waals surface area contributed by atoms with E-state index in [-0.39, 0.29) is 6.10 Å². The molecule has 0 aliphatic carbocycles. The van der Waals surface area contributed by atoms with Crippen molar-refractivity contribution in [3.63, 3.8) is 0 Å². The molecule has 0 aromatic heterocycles. The lowest BCUT2D eigenvalue weighted by atomic mass is 10.2. The Morgan fingerprint density at radius 3 is 2.40 bits per heavy atom. The van der Waals surface area contributed by atoms with Crippen LogP contribution in [0.1, 0.15) is 20.8 Å². The minimum absolute atomic E-state index is 0.276. The molecule has 2 N–H and O–H groups in total. The van der Waals surface area contributed by atoms with Crippen molar-refractivity contribution in [1.82, 2.24) is 10.2 Å². The Morgan fingerprint density at radius 2 is 1.93 bits per heavy atom. The molecule has 0 aromatic rings. The van der Waals surface area contributed by atoms with Crippen LogP contribution in [0.3, 0.4) is 0 Å². The first-order valence-corrected chi connectivity index (χ1v) is 6.97. The van der Waals surface area contributed by atoms with Crippen LogP contribution >= 0.6 is 11.8 Å². The maximum Gasteiger partial charge on any atom is 0.0791 e. The molecule has 0 aliphatic heterocycles. The number of aliphatic hydroxyl groups is 1. The van der Waals surface area contributed by atoms with Gasteiger partial charge in [0.1, 0.15) is 0 Å². The van der Waals surface area contributed by atoms with Crippen molar-refractivity contribution in [1.29, 1.82) is 0 Å². The Bertz CT molecular complexity index is 156. The van der Waals surface area contributed by atoms with E-state index in [2.05, 4.69) is 44.3 Å². The van der Waals surface area contributed by atoms with Gasteiger partial charge in [-0.25, -0.2) is 0 Å². The Labute approximate surface area is 98.6 Å². The number of hydrogen-bond acceptors (Lipinski definition) is 4. The minimum Gasteiger partial charge on any atom is -0.390 e. The molecular formula is C11H26N2OS. The van der Waals surface area contributed by atoms with Gasteiger partial charge in [-0.2, -0.15) is 11.8 Å². The predicted molar refractivity (Wildman–Crippen MR) is 69.6 cm³/mol. The lowest BCUT2D eigenvalue weighted by Crippen LogP contribution is -2.42. The number of rotatable bonds is 8. The third kappa shape index (κ3) is 8.08. The topological polar surface area (TPSA) is 35.5 Å². The molecule has 0 heterocycles. The highest BCUT2D eigenvalue weighted by atomic mass is 32.2. The van der Waals surface area contributed by atoms with Crippen molar-refractivity contribution in [3.8, 4) is 0 Å². The van der Waals surface area contributed by atoms with E-state index in [4.69, 9.17) is 0 Å². The van der Waals surface area contributed by atoms with Gasteiger partial charge in [0.2, 0.25) is 0 Å². The van der Waals surface area contributed by atoms with Gasteiger partial charge >= 0.3 is 0 Å². The highest BCUT2D eigenvalue weighted by Gasteiger charge is 2.13. The number of likely N-dealkylation sites (N-methyl/N-ethyl adjacent to an activating group) is 1. The first-order valence-electron chi connectivity index (χ1n) is 5.58. The van der Waals surface area contributed by atoms with Crippen molar-refractivity contribution in [2.24, 2.45) is 0 Å². The van der Waals surface area contributed by atoms with Gasteiger partial charge in [-0.05, 0) is 20.2 Å². The molecule has 0 bridgehead atoms. The molecule has 0 amide bonds. The summed E-state index contributed by atoms with van der Waals surface area (Å²) in [6, 6.07) is 0.960. The Morgan fingerprint density at radius 1 is 1.33 bits per heavy atom. The number of nitrogens with zero attached hydrogens (tertiary/aromatic N) is 1. The maximum absolute atomic E-state index is 9.77. The number of hydrogen-bond donors (Lipinski definition) is 2. The summed E-state index contributed by atoms with van der Waals surface area (Å²) in [5.74, 6) is 1.11. The molecule has 4 heteroatoms. The zero-order valence-electron chi connectivity index (χ0n) is 10.7. The zero-order valence-corrected chi connectivity index (χ0v) is 11.5. The summed E-state index contributed by atoms with van der Waals surface area (Å²) in [7, 11) is 2.07. The molecule has 15 heavy (non-hydrogen) atoms. The second kappa shape index (κ2) is 8.39. The van der Waals surface area contributed by atoms with E-state index in [0.29, 0.717) is 18.6 Å². The lowest BCUT2D eigenvalue weighted by Gasteiger charge is -2.26. The van der Waals surface area contributed by atoms with Crippen LogP contribution in [0.2, 0.25) is 0 Å². The fourth-order valence-corrected chi connectivity index (χ4v) is 2.05. The van der Waals surface area contributed by atoms with Crippen LogP contribution < -0.4 is 5.32 Å². The van der Waals surface area contributed by atoms with Crippen molar-refractivity contribution in [2.75, 3.05) is 32.1 Å². The van der Waals surface area contributed by atoms with E-state index < -0.39 is 0 Å². The van der Waals surface area contributed by atoms with Gasteiger partial charge in [-0.1, -0.05) is 13.8 Å². The fraction of sp³-hybridized carbons (Fsp3) is 1.00. The third-order valence-electron chi connectivity index (χ3n) is 2.42. The average Bonchev–Trinajstić information content (AvgIpc) is 2.15. The molecule has 2 unspecified atom stereocenters. The average molecular weight is 234 g/mol. The monoisotopic (exact) mass is 234 g/mol. The van der Waals surface area contributed by atoms with Gasteiger partial charge in [0.05, 0.1) is 6.10 Å². The molecule has 0 radical (unpaired) electrons. The third-order valence-corrected chi connectivity index (χ3v) is 3.24. The van der Waals surface area contributed by atoms with Crippen LogP contribution in [-0.4, -0.2) is 60.3 Å². The molecule has 2 atom stereocenters. The highest BCUT2D eigenvalue weighted by Crippen LogP contribution is 2.04. The second-order valence-corrected chi connectivity index (χ2v) is 5.37. The van der Waals surface area contributed by atoms with Gasteiger partial charge in [0.15, 0.2) is 0 Å². The fourth-order valence-electron chi connectivity index (χ4n) is 1.32. The Hall–Kier alpha value is 0.230. The van der Waals surface area contributed by atoms with Gasteiger partial charge in [0.25, 0.3) is 0 Å². The van der Waals surface area contributed by atoms with Crippen LogP contribution in [0.4, 0.5) is 0 Å². The van der Waals surface area contributed by atoms with E-state index in [1.165, 1.54) is 0 Å². The van der Waals surface area contributed by atoms with E-state index in [1.54, 1.807) is 0 Å². The molecule has 0 aromatic carbocycles. The van der Waals surface area contributed by atoms with Gasteiger partial charge in [0, 0.05) is 30.9 Å². The highest BCUT2D eigenvalue weighted by molar-refractivity contribution is 7.98. The predicted octanol–water partition coefficient (Wildman–Crippen LogP) is 1.03. The van der Waals surface area contributed by atoms with Gasteiger partial charge in [-0.3, -0.25) is 0 Å². The van der Waals surface area contributed by atoms with E-state index in [1.807, 2.05) is 11.8 Å². The van der Waals surface area contributed by atoms with Crippen LogP contribution in [0.25, 0.3) is 0 Å². The second-order valence-electron chi connectivity index (χ2n) is 4.46. The van der Waals surface area contributed by atoms with E-state index in [0.717, 1.165) is 12.3 Å². The molecule has 3 nitrogen and oxygen atoms in total. The summed E-state index contributed by atoms with van der Waals surface area (Å²) >= 11 is 1.84. The van der Waals surface area contributed by atoms with Crippen LogP contribution in [0, 0.1) is 0 Å². The van der Waals surface area contributed by atoms with Crippen molar-refractivity contribution < 1.29 is 5.11 Å². The number of aliphatic hydroxyl groups excluding tert-OH is 1. The molecular weight excluding hydrogens is 208 g/mol. The van der Waals surface area contributed by atoms with E-state index >= 15 is 0 Å². The summed E-state index contributed by atoms with van der Waals surface area (Å²) < 4.78 is 0. The molecule has 0 saturated heterocycles. The standard InChI is InChI=1S/C11H26N2OS/c1-9(2)12-6-11(14)7-13(4)10(3)8-15-5/h9-12,14H,6-8H2,1-5H3. The van der Waals surface area contributed by atoms with Crippen LogP contribution in [0.5, 0.6) is 0 Å². The lowest BCUT2D eigenvalue weighted by molar-refractivity contribution is 0.110. The molecule has 0 spiro atoms. The summed E-state index contributed by atoms with van der Waals surface area (Å²) in [5.41, 5.74) is 0. The maximum atomic E-state index is 9.77. The normalized spacial score (nSPS) is 16.0. The number of nitrogens with one attached hydrogen (secondary N) is 1. The Kier molecular flexibility index (Phi) is 8.52. The van der Waals surface area contributed by atoms with E-state index in [9.17, 15) is 5.11 Å². The first kappa shape index (κ1) is 15.2. The zero-order chi connectivity index (χ0) is 11.8. The molecule has 0 rings (SSSR count). The minimum atomic E-state index is -0.276. The summed E-state index contributed by atoms with van der Waals surface area (Å²) in [4.78, 5) is 2.21. The van der Waals surface area contributed by atoms with Crippen LogP contribution in [0.15, 0.2) is 0 Å². The van der Waals surface area contributed by atoms with Gasteiger partial charge in [-0.15, -0.1) is 0 Å². The first-order chi connectivity index (χ1) is 6.97. The summed E-state index contributed by atoms with van der Waals surface area (Å²) in [6.45, 7) is 7.79. The SMILES string of the molecule is CSCC(C)N(C)CC(O)CNC(C)C. The molecule has 0 saturated carbocycles. The van der Waals surface area contributed by atoms with Crippen molar-refractivity contribution in [3.05, 3.63) is 0 Å². The van der Waals surface area contributed by atoms with Crippen LogP contribution in [-0.2, 0) is 0 Å². The smallest absolute Gasteiger partial charge is 0.0791 e. The Balaban J connectivity index is 3.69. The quantitative estimate of drug-likeness (QED) is 0.657. The summed E-state index contributed by atoms with van der Waals surface area (Å²) in [5, 5.41) is 13.0. The number of thioether (sulfide) groups is 1. The molecule has 0 fully saturated rings.